The van der Waals surface area contributed by atoms with E-state index in [4.69, 9.17) is 13.9 Å². The summed E-state index contributed by atoms with van der Waals surface area (Å²) in [6.07, 6.45) is 4.70. The van der Waals surface area contributed by atoms with Crippen molar-refractivity contribution in [2.45, 2.75) is 32.1 Å². The summed E-state index contributed by atoms with van der Waals surface area (Å²) in [6, 6.07) is 9.41. The zero-order valence-corrected chi connectivity index (χ0v) is 17.9. The number of furan rings is 1. The molecule has 0 unspecified atom stereocenters. The van der Waals surface area contributed by atoms with E-state index in [0.29, 0.717) is 12.3 Å². The van der Waals surface area contributed by atoms with E-state index >= 15 is 0 Å². The minimum absolute atomic E-state index is 0.161. The molecule has 1 spiro atoms. The fourth-order valence-corrected chi connectivity index (χ4v) is 4.98. The SMILES string of the molecule is Cc1cc(C)cc(N2C[C@@]34C=C[C@@H](O3)[C@H](C(=O)OCC(=O)NCc3ccco3)[C@H]4C2=O)c1. The molecular weight excluding hydrogens is 412 g/mol. The van der Waals surface area contributed by atoms with Gasteiger partial charge >= 0.3 is 5.97 Å². The molecule has 5 rings (SSSR count). The lowest BCUT2D eigenvalue weighted by Gasteiger charge is -2.22. The van der Waals surface area contributed by atoms with Gasteiger partial charge in [-0.15, -0.1) is 0 Å². The van der Waals surface area contributed by atoms with Crippen LogP contribution in [0.25, 0.3) is 0 Å². The summed E-state index contributed by atoms with van der Waals surface area (Å²) < 4.78 is 16.5. The molecule has 1 N–H and O–H groups in total. The maximum Gasteiger partial charge on any atom is 0.313 e. The van der Waals surface area contributed by atoms with Crippen LogP contribution in [0.3, 0.4) is 0 Å². The first-order valence-electron chi connectivity index (χ1n) is 10.6. The van der Waals surface area contributed by atoms with E-state index in [1.807, 2.05) is 44.2 Å². The number of nitrogens with one attached hydrogen (secondary N) is 1. The van der Waals surface area contributed by atoms with Gasteiger partial charge in [0.25, 0.3) is 5.91 Å². The molecule has 4 heterocycles. The van der Waals surface area contributed by atoms with Crippen molar-refractivity contribution < 1.29 is 28.3 Å². The van der Waals surface area contributed by atoms with E-state index in [2.05, 4.69) is 5.32 Å². The number of fused-ring (bicyclic) bond motifs is 1. The monoisotopic (exact) mass is 436 g/mol. The third kappa shape index (κ3) is 3.40. The minimum Gasteiger partial charge on any atom is -0.467 e. The average Bonchev–Trinajstić information content (AvgIpc) is 3.52. The molecule has 0 aliphatic carbocycles. The lowest BCUT2D eigenvalue weighted by Crippen LogP contribution is -2.41. The fraction of sp³-hybridized carbons (Fsp3) is 0.375. The molecule has 2 fully saturated rings. The van der Waals surface area contributed by atoms with Crippen molar-refractivity contribution in [3.05, 3.63) is 65.6 Å². The van der Waals surface area contributed by atoms with Gasteiger partial charge in [-0.05, 0) is 49.2 Å². The van der Waals surface area contributed by atoms with Crippen LogP contribution < -0.4 is 10.2 Å². The highest BCUT2D eigenvalue weighted by atomic mass is 16.6. The number of carbonyl (C=O) groups is 3. The standard InChI is InChI=1S/C24H24N2O6/c1-14-8-15(2)10-16(9-14)26-13-24-6-5-18(32-24)20(21(24)22(26)28)23(29)31-12-19(27)25-11-17-4-3-7-30-17/h3-10,18,20-21H,11-13H2,1-2H3,(H,25,27)/t18-,20+,21+,24-/m1/s1. The Kier molecular flexibility index (Phi) is 4.89. The van der Waals surface area contributed by atoms with Crippen LogP contribution >= 0.6 is 0 Å². The first-order valence-corrected chi connectivity index (χ1v) is 10.6. The Morgan fingerprint density at radius 3 is 2.75 bits per heavy atom. The molecule has 2 saturated heterocycles. The quantitative estimate of drug-likeness (QED) is 0.550. The van der Waals surface area contributed by atoms with Crippen molar-refractivity contribution in [2.75, 3.05) is 18.1 Å². The van der Waals surface area contributed by atoms with Gasteiger partial charge in [0, 0.05) is 5.69 Å². The second kappa shape index (κ2) is 7.63. The maximum atomic E-state index is 13.4. The van der Waals surface area contributed by atoms with Crippen molar-refractivity contribution in [3.63, 3.8) is 0 Å². The predicted molar refractivity (Wildman–Crippen MR) is 114 cm³/mol. The first-order chi connectivity index (χ1) is 15.4. The number of rotatable bonds is 6. The number of amides is 2. The van der Waals surface area contributed by atoms with Crippen LogP contribution in [0.1, 0.15) is 16.9 Å². The van der Waals surface area contributed by atoms with Gasteiger partial charge in [-0.2, -0.15) is 0 Å². The molecule has 32 heavy (non-hydrogen) atoms. The third-order valence-electron chi connectivity index (χ3n) is 6.28. The Bertz CT molecular complexity index is 1090. The Morgan fingerprint density at radius 1 is 1.25 bits per heavy atom. The van der Waals surface area contributed by atoms with E-state index in [9.17, 15) is 14.4 Å². The van der Waals surface area contributed by atoms with Crippen LogP contribution in [0.4, 0.5) is 5.69 Å². The molecule has 3 aliphatic rings. The fourth-order valence-electron chi connectivity index (χ4n) is 4.98. The van der Waals surface area contributed by atoms with Gasteiger partial charge < -0.3 is 24.1 Å². The number of nitrogens with zero attached hydrogens (tertiary/aromatic N) is 1. The first kappa shape index (κ1) is 20.5. The molecular formula is C24H24N2O6. The zero-order valence-electron chi connectivity index (χ0n) is 17.9. The zero-order chi connectivity index (χ0) is 22.5. The molecule has 2 bridgehead atoms. The third-order valence-corrected chi connectivity index (χ3v) is 6.28. The second-order valence-corrected chi connectivity index (χ2v) is 8.63. The van der Waals surface area contributed by atoms with Crippen LogP contribution in [-0.4, -0.2) is 42.6 Å². The second-order valence-electron chi connectivity index (χ2n) is 8.63. The molecule has 0 saturated carbocycles. The molecule has 8 nitrogen and oxygen atoms in total. The van der Waals surface area contributed by atoms with Gasteiger partial charge in [-0.25, -0.2) is 0 Å². The number of anilines is 1. The lowest BCUT2D eigenvalue weighted by molar-refractivity contribution is -0.155. The minimum atomic E-state index is -0.843. The highest BCUT2D eigenvalue weighted by Crippen LogP contribution is 2.53. The summed E-state index contributed by atoms with van der Waals surface area (Å²) >= 11 is 0. The number of hydrogen-bond acceptors (Lipinski definition) is 6. The molecule has 2 amide bonds. The maximum absolute atomic E-state index is 13.4. The Morgan fingerprint density at radius 2 is 2.03 bits per heavy atom. The molecule has 2 aromatic rings. The van der Waals surface area contributed by atoms with Gasteiger partial charge in [0.15, 0.2) is 6.61 Å². The summed E-state index contributed by atoms with van der Waals surface area (Å²) in [7, 11) is 0. The molecule has 1 aromatic carbocycles. The molecule has 1 aromatic heterocycles. The lowest BCUT2D eigenvalue weighted by atomic mass is 9.77. The van der Waals surface area contributed by atoms with Crippen molar-refractivity contribution in [2.24, 2.45) is 11.8 Å². The normalized spacial score (nSPS) is 27.6. The van der Waals surface area contributed by atoms with E-state index in [1.165, 1.54) is 6.26 Å². The van der Waals surface area contributed by atoms with Crippen LogP contribution in [-0.2, 0) is 30.4 Å². The summed E-state index contributed by atoms with van der Waals surface area (Å²) in [5, 5.41) is 2.63. The molecule has 4 atom stereocenters. The number of carbonyl (C=O) groups excluding carboxylic acids is 3. The van der Waals surface area contributed by atoms with Crippen LogP contribution in [0, 0.1) is 25.7 Å². The molecule has 3 aliphatic heterocycles. The highest BCUT2D eigenvalue weighted by Gasteiger charge is 2.67. The summed E-state index contributed by atoms with van der Waals surface area (Å²) in [5.41, 5.74) is 2.06. The smallest absolute Gasteiger partial charge is 0.313 e. The van der Waals surface area contributed by atoms with E-state index in [-0.39, 0.29) is 12.5 Å². The Balaban J connectivity index is 1.27. The number of aryl methyl sites for hydroxylation is 2. The predicted octanol–water partition coefficient (Wildman–Crippen LogP) is 2.04. The molecule has 8 heteroatoms. The Hall–Kier alpha value is -3.39. The summed E-state index contributed by atoms with van der Waals surface area (Å²) in [6.45, 7) is 4.09. The van der Waals surface area contributed by atoms with Gasteiger partial charge in [-0.1, -0.05) is 18.2 Å². The topological polar surface area (TPSA) is 98.1 Å². The number of hydrogen-bond donors (Lipinski definition) is 1. The van der Waals surface area contributed by atoms with Gasteiger partial charge in [0.2, 0.25) is 5.91 Å². The van der Waals surface area contributed by atoms with Crippen LogP contribution in [0.15, 0.2) is 53.2 Å². The number of esters is 1. The van der Waals surface area contributed by atoms with Crippen LogP contribution in [0.2, 0.25) is 0 Å². The van der Waals surface area contributed by atoms with Crippen molar-refractivity contribution in [1.29, 1.82) is 0 Å². The highest BCUT2D eigenvalue weighted by molar-refractivity contribution is 6.02. The largest absolute Gasteiger partial charge is 0.467 e. The number of benzene rings is 1. The number of ether oxygens (including phenoxy) is 2. The van der Waals surface area contributed by atoms with Crippen molar-refractivity contribution in [1.82, 2.24) is 5.32 Å². The van der Waals surface area contributed by atoms with E-state index < -0.39 is 42.0 Å². The molecule has 166 valence electrons. The average molecular weight is 436 g/mol. The summed E-state index contributed by atoms with van der Waals surface area (Å²) in [4.78, 5) is 40.0. The van der Waals surface area contributed by atoms with Gasteiger partial charge in [0.05, 0.1) is 31.4 Å². The Labute approximate surface area is 185 Å². The molecule has 0 radical (unpaired) electrons. The summed E-state index contributed by atoms with van der Waals surface area (Å²) in [5.74, 6) is -2.06. The van der Waals surface area contributed by atoms with Crippen LogP contribution in [0.5, 0.6) is 0 Å². The van der Waals surface area contributed by atoms with Gasteiger partial charge in [-0.3, -0.25) is 14.4 Å². The van der Waals surface area contributed by atoms with Gasteiger partial charge in [0.1, 0.15) is 17.3 Å². The van der Waals surface area contributed by atoms with E-state index in [1.54, 1.807) is 17.0 Å². The van der Waals surface area contributed by atoms with Crippen molar-refractivity contribution >= 4 is 23.5 Å². The van der Waals surface area contributed by atoms with Crippen molar-refractivity contribution in [3.8, 4) is 0 Å². The van der Waals surface area contributed by atoms with E-state index in [0.717, 1.165) is 16.8 Å².